The third-order valence-corrected chi connectivity index (χ3v) is 5.23. The number of nitrogens with zero attached hydrogens (tertiary/aromatic N) is 2. The summed E-state index contributed by atoms with van der Waals surface area (Å²) in [4.78, 5) is 38.8. The molecule has 156 valence electrons. The summed E-state index contributed by atoms with van der Waals surface area (Å²) in [7, 11) is 0. The molecule has 2 N–H and O–H groups in total. The van der Waals surface area contributed by atoms with E-state index in [0.717, 1.165) is 27.5 Å². The van der Waals surface area contributed by atoms with Crippen molar-refractivity contribution in [2.45, 2.75) is 20.4 Å². The van der Waals surface area contributed by atoms with Gasteiger partial charge in [-0.1, -0.05) is 36.4 Å². The topological polar surface area (TPSA) is 91.6 Å². The molecule has 4 rings (SSSR count). The number of imide groups is 2. The number of benzene rings is 2. The monoisotopic (exact) mass is 415 g/mol. The molecule has 2 aromatic carbocycles. The largest absolute Gasteiger partial charge is 0.508 e. The van der Waals surface area contributed by atoms with E-state index in [1.54, 1.807) is 18.2 Å². The Hall–Kier alpha value is -4.13. The highest BCUT2D eigenvalue weighted by Crippen LogP contribution is 2.26. The number of rotatable bonds is 4. The fourth-order valence-corrected chi connectivity index (χ4v) is 3.72. The fourth-order valence-electron chi connectivity index (χ4n) is 3.72. The third kappa shape index (κ3) is 3.85. The fraction of sp³-hybridized carbons (Fsp3) is 0.125. The Balaban J connectivity index is 1.70. The van der Waals surface area contributed by atoms with Crippen LogP contribution in [0.15, 0.2) is 66.2 Å². The van der Waals surface area contributed by atoms with E-state index in [-0.39, 0.29) is 17.9 Å². The van der Waals surface area contributed by atoms with E-state index in [4.69, 9.17) is 0 Å². The number of carbonyl (C=O) groups is 3. The first-order chi connectivity index (χ1) is 14.8. The zero-order valence-electron chi connectivity index (χ0n) is 17.1. The number of aromatic hydroxyl groups is 1. The Morgan fingerprint density at radius 3 is 2.42 bits per heavy atom. The number of hydrogen-bond acceptors (Lipinski definition) is 4. The maximum Gasteiger partial charge on any atom is 0.331 e. The highest BCUT2D eigenvalue weighted by atomic mass is 16.3. The molecule has 1 fully saturated rings. The van der Waals surface area contributed by atoms with Gasteiger partial charge in [-0.3, -0.25) is 19.8 Å². The normalized spacial score (nSPS) is 15.5. The van der Waals surface area contributed by atoms with Crippen LogP contribution in [0.1, 0.15) is 22.5 Å². The van der Waals surface area contributed by atoms with Crippen LogP contribution in [0, 0.1) is 13.8 Å². The predicted molar refractivity (Wildman–Crippen MR) is 115 cm³/mol. The molecule has 0 spiro atoms. The number of hydrogen-bond donors (Lipinski definition) is 2. The molecule has 3 aromatic rings. The second kappa shape index (κ2) is 7.95. The Bertz CT molecular complexity index is 1220. The number of urea groups is 1. The highest BCUT2D eigenvalue weighted by Gasteiger charge is 2.35. The number of aryl methyl sites for hydroxylation is 1. The van der Waals surface area contributed by atoms with Gasteiger partial charge in [0.05, 0.1) is 6.54 Å². The lowest BCUT2D eigenvalue weighted by Gasteiger charge is -2.26. The summed E-state index contributed by atoms with van der Waals surface area (Å²) in [6.07, 6.45) is 1.50. The molecule has 31 heavy (non-hydrogen) atoms. The summed E-state index contributed by atoms with van der Waals surface area (Å²) < 4.78 is 1.92. The smallest absolute Gasteiger partial charge is 0.331 e. The highest BCUT2D eigenvalue weighted by molar-refractivity contribution is 6.31. The van der Waals surface area contributed by atoms with Gasteiger partial charge in [0.2, 0.25) is 0 Å². The first-order valence-corrected chi connectivity index (χ1v) is 9.76. The van der Waals surface area contributed by atoms with Crippen LogP contribution in [0.2, 0.25) is 0 Å². The van der Waals surface area contributed by atoms with Gasteiger partial charge in [0.15, 0.2) is 0 Å². The van der Waals surface area contributed by atoms with Crippen LogP contribution < -0.4 is 5.32 Å². The molecule has 1 aliphatic rings. The van der Waals surface area contributed by atoms with Gasteiger partial charge < -0.3 is 9.67 Å². The molecule has 0 atom stereocenters. The van der Waals surface area contributed by atoms with Crippen molar-refractivity contribution >= 4 is 23.9 Å². The third-order valence-electron chi connectivity index (χ3n) is 5.23. The standard InChI is InChI=1S/C24H21N3O4/c1-15-11-18(16(2)27(15)19-9-6-10-20(28)13-19)12-21-22(29)25-24(31)26(23(21)30)14-17-7-4-3-5-8-17/h3-13,28H,14H2,1-2H3,(H,25,29,31). The molecular formula is C24H21N3O4. The molecule has 1 saturated heterocycles. The van der Waals surface area contributed by atoms with Gasteiger partial charge in [-0.25, -0.2) is 4.79 Å². The maximum atomic E-state index is 13.0. The minimum absolute atomic E-state index is 0.0679. The maximum absolute atomic E-state index is 13.0. The Kier molecular flexibility index (Phi) is 5.17. The summed E-state index contributed by atoms with van der Waals surface area (Å²) in [6, 6.07) is 17.0. The lowest BCUT2D eigenvalue weighted by atomic mass is 10.1. The van der Waals surface area contributed by atoms with Gasteiger partial charge in [-0.05, 0) is 49.2 Å². The molecule has 4 amide bonds. The van der Waals surface area contributed by atoms with Gasteiger partial charge >= 0.3 is 6.03 Å². The van der Waals surface area contributed by atoms with Crippen LogP contribution >= 0.6 is 0 Å². The van der Waals surface area contributed by atoms with Crippen molar-refractivity contribution in [3.05, 3.63) is 88.8 Å². The lowest BCUT2D eigenvalue weighted by Crippen LogP contribution is -2.53. The first-order valence-electron chi connectivity index (χ1n) is 9.76. The molecular weight excluding hydrogens is 394 g/mol. The number of amides is 4. The van der Waals surface area contributed by atoms with Crippen LogP contribution in [0.25, 0.3) is 11.8 Å². The van der Waals surface area contributed by atoms with Crippen molar-refractivity contribution in [2.24, 2.45) is 0 Å². The zero-order valence-corrected chi connectivity index (χ0v) is 17.1. The minimum atomic E-state index is -0.735. The number of phenolic OH excluding ortho intramolecular Hbond substituents is 1. The van der Waals surface area contributed by atoms with Crippen molar-refractivity contribution in [3.63, 3.8) is 0 Å². The van der Waals surface area contributed by atoms with E-state index in [2.05, 4.69) is 5.32 Å². The minimum Gasteiger partial charge on any atom is -0.508 e. The molecule has 1 aromatic heterocycles. The average Bonchev–Trinajstić information content (AvgIpc) is 3.02. The van der Waals surface area contributed by atoms with Crippen molar-refractivity contribution in [1.82, 2.24) is 14.8 Å². The Morgan fingerprint density at radius 2 is 1.71 bits per heavy atom. The van der Waals surface area contributed by atoms with Crippen molar-refractivity contribution in [2.75, 3.05) is 0 Å². The van der Waals surface area contributed by atoms with Gasteiger partial charge in [-0.2, -0.15) is 0 Å². The molecule has 0 bridgehead atoms. The van der Waals surface area contributed by atoms with Crippen LogP contribution in [-0.2, 0) is 16.1 Å². The van der Waals surface area contributed by atoms with Gasteiger partial charge in [0.1, 0.15) is 11.3 Å². The van der Waals surface area contributed by atoms with E-state index in [9.17, 15) is 19.5 Å². The van der Waals surface area contributed by atoms with Crippen LogP contribution in [0.3, 0.4) is 0 Å². The molecule has 7 heteroatoms. The average molecular weight is 415 g/mol. The molecule has 1 aliphatic heterocycles. The molecule has 7 nitrogen and oxygen atoms in total. The van der Waals surface area contributed by atoms with Crippen LogP contribution in [0.5, 0.6) is 5.75 Å². The number of carbonyl (C=O) groups excluding carboxylic acids is 3. The molecule has 0 unspecified atom stereocenters. The summed E-state index contributed by atoms with van der Waals surface area (Å²) in [5, 5.41) is 12.1. The first kappa shape index (κ1) is 20.2. The van der Waals surface area contributed by atoms with Gasteiger partial charge in [0, 0.05) is 23.1 Å². The summed E-state index contributed by atoms with van der Waals surface area (Å²) in [6.45, 7) is 3.83. The summed E-state index contributed by atoms with van der Waals surface area (Å²) >= 11 is 0. The van der Waals surface area contributed by atoms with E-state index >= 15 is 0 Å². The Morgan fingerprint density at radius 1 is 0.968 bits per heavy atom. The molecule has 0 aliphatic carbocycles. The van der Waals surface area contributed by atoms with E-state index in [0.29, 0.717) is 5.56 Å². The van der Waals surface area contributed by atoms with Crippen molar-refractivity contribution in [3.8, 4) is 11.4 Å². The Labute approximate surface area is 179 Å². The quantitative estimate of drug-likeness (QED) is 0.504. The SMILES string of the molecule is Cc1cc(C=C2C(=O)NC(=O)N(Cc3ccccc3)C2=O)c(C)n1-c1cccc(O)c1. The number of aromatic nitrogens is 1. The van der Waals surface area contributed by atoms with Gasteiger partial charge in [0.25, 0.3) is 11.8 Å². The second-order valence-electron chi connectivity index (χ2n) is 7.38. The van der Waals surface area contributed by atoms with E-state index < -0.39 is 17.8 Å². The molecule has 0 saturated carbocycles. The van der Waals surface area contributed by atoms with Crippen molar-refractivity contribution in [1.29, 1.82) is 0 Å². The lowest BCUT2D eigenvalue weighted by molar-refractivity contribution is -0.130. The molecule has 2 heterocycles. The van der Waals surface area contributed by atoms with Gasteiger partial charge in [-0.15, -0.1) is 0 Å². The van der Waals surface area contributed by atoms with Crippen LogP contribution in [-0.4, -0.2) is 32.4 Å². The second-order valence-corrected chi connectivity index (χ2v) is 7.38. The van der Waals surface area contributed by atoms with Crippen molar-refractivity contribution < 1.29 is 19.5 Å². The number of phenols is 1. The van der Waals surface area contributed by atoms with Crippen LogP contribution in [0.4, 0.5) is 4.79 Å². The predicted octanol–water partition coefficient (Wildman–Crippen LogP) is 3.46. The summed E-state index contributed by atoms with van der Waals surface area (Å²) in [5.41, 5.74) is 3.78. The molecule has 0 radical (unpaired) electrons. The number of barbiturate groups is 1. The zero-order chi connectivity index (χ0) is 22.1. The van der Waals surface area contributed by atoms with E-state index in [1.807, 2.05) is 60.9 Å². The number of nitrogens with one attached hydrogen (secondary N) is 1. The van der Waals surface area contributed by atoms with E-state index in [1.165, 1.54) is 6.08 Å². The summed E-state index contributed by atoms with van der Waals surface area (Å²) in [5.74, 6) is -1.22.